The highest BCUT2D eigenvalue weighted by Crippen LogP contribution is 2.24. The summed E-state index contributed by atoms with van der Waals surface area (Å²) in [5.74, 6) is 1.83. The molecule has 0 radical (unpaired) electrons. The van der Waals surface area contributed by atoms with E-state index in [-0.39, 0.29) is 17.0 Å². The van der Waals surface area contributed by atoms with E-state index in [9.17, 15) is 9.59 Å². The van der Waals surface area contributed by atoms with Gasteiger partial charge in [0.15, 0.2) is 0 Å². The van der Waals surface area contributed by atoms with Crippen LogP contribution in [0, 0.1) is 6.92 Å². The normalized spacial score (nSPS) is 13.8. The summed E-state index contributed by atoms with van der Waals surface area (Å²) in [5.41, 5.74) is 3.24. The Morgan fingerprint density at radius 1 is 1.06 bits per heavy atom. The number of benzene rings is 2. The Balaban J connectivity index is 1.43. The number of nitrogens with one attached hydrogen (secondary N) is 1. The van der Waals surface area contributed by atoms with Gasteiger partial charge in [0.25, 0.3) is 5.91 Å². The zero-order valence-electron chi connectivity index (χ0n) is 17.2. The highest BCUT2D eigenvalue weighted by atomic mass is 35.5. The van der Waals surface area contributed by atoms with Crippen molar-refractivity contribution in [2.24, 2.45) is 0 Å². The minimum atomic E-state index is -0.320. The average molecular weight is 455 g/mol. The second-order valence-electron chi connectivity index (χ2n) is 7.32. The third-order valence-corrected chi connectivity index (χ3v) is 6.45. The van der Waals surface area contributed by atoms with Gasteiger partial charge in [-0.15, -0.1) is 0 Å². The van der Waals surface area contributed by atoms with Gasteiger partial charge in [0.05, 0.1) is 17.8 Å². The molecule has 1 fully saturated rings. The molecule has 1 aliphatic rings. The summed E-state index contributed by atoms with van der Waals surface area (Å²) < 4.78 is 1.56. The van der Waals surface area contributed by atoms with E-state index in [1.54, 1.807) is 23.7 Å². The number of halogens is 1. The van der Waals surface area contributed by atoms with Gasteiger partial charge >= 0.3 is 0 Å². The molecule has 3 aromatic rings. The van der Waals surface area contributed by atoms with Crippen molar-refractivity contribution in [1.29, 1.82) is 0 Å². The van der Waals surface area contributed by atoms with Crippen molar-refractivity contribution < 1.29 is 9.59 Å². The van der Waals surface area contributed by atoms with Crippen molar-refractivity contribution in [1.82, 2.24) is 14.7 Å². The monoisotopic (exact) mass is 454 g/mol. The number of amides is 2. The van der Waals surface area contributed by atoms with Gasteiger partial charge in [-0.05, 0) is 36.8 Å². The molecule has 1 saturated heterocycles. The van der Waals surface area contributed by atoms with E-state index in [2.05, 4.69) is 10.4 Å². The van der Waals surface area contributed by atoms with Crippen LogP contribution in [0.2, 0.25) is 5.15 Å². The maximum Gasteiger partial charge on any atom is 0.260 e. The number of carbonyl (C=O) groups excluding carboxylic acids is 2. The molecule has 0 aliphatic carbocycles. The molecular weight excluding hydrogens is 432 g/mol. The lowest BCUT2D eigenvalue weighted by Gasteiger charge is -2.26. The van der Waals surface area contributed by atoms with E-state index >= 15 is 0 Å². The molecule has 0 bridgehead atoms. The molecule has 0 spiro atoms. The van der Waals surface area contributed by atoms with E-state index < -0.39 is 0 Å². The summed E-state index contributed by atoms with van der Waals surface area (Å²) in [7, 11) is 0. The molecule has 0 atom stereocenters. The third kappa shape index (κ3) is 4.94. The number of aryl methyl sites for hydroxylation is 1. The summed E-state index contributed by atoms with van der Waals surface area (Å²) in [5, 5.41) is 7.56. The van der Waals surface area contributed by atoms with E-state index in [0.29, 0.717) is 23.4 Å². The van der Waals surface area contributed by atoms with Gasteiger partial charge in [0.1, 0.15) is 10.7 Å². The number of anilines is 1. The van der Waals surface area contributed by atoms with Crippen LogP contribution in [0.15, 0.2) is 54.6 Å². The van der Waals surface area contributed by atoms with Gasteiger partial charge in [-0.3, -0.25) is 9.59 Å². The molecule has 1 aromatic heterocycles. The maximum atomic E-state index is 12.9. The quantitative estimate of drug-likeness (QED) is 0.627. The van der Waals surface area contributed by atoms with Crippen LogP contribution in [0.5, 0.6) is 0 Å². The Bertz CT molecular complexity index is 1080. The van der Waals surface area contributed by atoms with Gasteiger partial charge in [-0.1, -0.05) is 41.9 Å². The fraction of sp³-hybridized carbons (Fsp3) is 0.261. The van der Waals surface area contributed by atoms with Crippen LogP contribution in [0.3, 0.4) is 0 Å². The number of rotatable bonds is 5. The maximum absolute atomic E-state index is 12.9. The molecule has 2 amide bonds. The SMILES string of the molecule is Cc1nn(-c2ccccc2)c(Cl)c1C(=O)Nc1ccc(CC(=O)N2CCSCC2)cc1. The fourth-order valence-corrected chi connectivity index (χ4v) is 4.76. The fourth-order valence-electron chi connectivity index (χ4n) is 3.50. The van der Waals surface area contributed by atoms with Crippen LogP contribution in [0.1, 0.15) is 21.6 Å². The van der Waals surface area contributed by atoms with Crippen molar-refractivity contribution in [3.05, 3.63) is 76.6 Å². The van der Waals surface area contributed by atoms with Crippen LogP contribution in [-0.4, -0.2) is 51.1 Å². The molecule has 1 N–H and O–H groups in total. The second-order valence-corrected chi connectivity index (χ2v) is 8.90. The highest BCUT2D eigenvalue weighted by molar-refractivity contribution is 7.99. The number of hydrogen-bond donors (Lipinski definition) is 1. The third-order valence-electron chi connectivity index (χ3n) is 5.16. The van der Waals surface area contributed by atoms with Gasteiger partial charge in [-0.2, -0.15) is 16.9 Å². The lowest BCUT2D eigenvalue weighted by atomic mass is 10.1. The van der Waals surface area contributed by atoms with E-state index in [1.807, 2.05) is 59.1 Å². The largest absolute Gasteiger partial charge is 0.341 e. The number of aromatic nitrogens is 2. The minimum absolute atomic E-state index is 0.146. The molecule has 2 aromatic carbocycles. The first-order valence-electron chi connectivity index (χ1n) is 10.1. The number of hydrogen-bond acceptors (Lipinski definition) is 4. The molecule has 1 aliphatic heterocycles. The molecule has 6 nitrogen and oxygen atoms in total. The second kappa shape index (κ2) is 9.58. The Hall–Kier alpha value is -2.77. The Morgan fingerprint density at radius 2 is 1.74 bits per heavy atom. The molecule has 0 unspecified atom stereocenters. The molecule has 160 valence electrons. The van der Waals surface area contributed by atoms with Crippen LogP contribution in [-0.2, 0) is 11.2 Å². The molecule has 0 saturated carbocycles. The molecule has 8 heteroatoms. The van der Waals surface area contributed by atoms with Crippen molar-refractivity contribution in [2.75, 3.05) is 29.9 Å². The smallest absolute Gasteiger partial charge is 0.260 e. The zero-order chi connectivity index (χ0) is 21.8. The standard InChI is InChI=1S/C23H23ClN4O2S/c1-16-21(22(24)28(26-16)19-5-3-2-4-6-19)23(30)25-18-9-7-17(8-10-18)15-20(29)27-11-13-31-14-12-27/h2-10H,11-15H2,1H3,(H,25,30). The van der Waals surface area contributed by atoms with Crippen LogP contribution >= 0.6 is 23.4 Å². The number of carbonyl (C=O) groups is 2. The lowest BCUT2D eigenvalue weighted by molar-refractivity contribution is -0.130. The van der Waals surface area contributed by atoms with Gasteiger partial charge in [0.2, 0.25) is 5.91 Å². The van der Waals surface area contributed by atoms with E-state index in [4.69, 9.17) is 11.6 Å². The molecular formula is C23H23ClN4O2S. The highest BCUT2D eigenvalue weighted by Gasteiger charge is 2.21. The minimum Gasteiger partial charge on any atom is -0.341 e. The first kappa shape index (κ1) is 21.5. The van der Waals surface area contributed by atoms with Crippen LogP contribution < -0.4 is 5.32 Å². The van der Waals surface area contributed by atoms with Gasteiger partial charge < -0.3 is 10.2 Å². The van der Waals surface area contributed by atoms with Crippen LogP contribution in [0.4, 0.5) is 5.69 Å². The summed E-state index contributed by atoms with van der Waals surface area (Å²) in [6, 6.07) is 16.8. The van der Waals surface area contributed by atoms with Crippen molar-refractivity contribution >= 4 is 40.9 Å². The van der Waals surface area contributed by atoms with Gasteiger partial charge in [0, 0.05) is 30.3 Å². The lowest BCUT2D eigenvalue weighted by Crippen LogP contribution is -2.38. The topological polar surface area (TPSA) is 67.2 Å². The Labute approximate surface area is 190 Å². The first-order chi connectivity index (χ1) is 15.0. The summed E-state index contributed by atoms with van der Waals surface area (Å²) in [6.45, 7) is 3.39. The number of para-hydroxylation sites is 1. The molecule has 31 heavy (non-hydrogen) atoms. The van der Waals surface area contributed by atoms with Crippen molar-refractivity contribution in [3.8, 4) is 5.69 Å². The average Bonchev–Trinajstić information content (AvgIpc) is 3.10. The zero-order valence-corrected chi connectivity index (χ0v) is 18.7. The summed E-state index contributed by atoms with van der Waals surface area (Å²) >= 11 is 8.36. The van der Waals surface area contributed by atoms with Crippen molar-refractivity contribution in [2.45, 2.75) is 13.3 Å². The Morgan fingerprint density at radius 3 is 2.42 bits per heavy atom. The number of thioether (sulfide) groups is 1. The molecule has 2 heterocycles. The van der Waals surface area contributed by atoms with Crippen LogP contribution in [0.25, 0.3) is 5.69 Å². The summed E-state index contributed by atoms with van der Waals surface area (Å²) in [4.78, 5) is 27.2. The van der Waals surface area contributed by atoms with Gasteiger partial charge in [-0.25, -0.2) is 4.68 Å². The molecule has 4 rings (SSSR count). The first-order valence-corrected chi connectivity index (χ1v) is 11.6. The van der Waals surface area contributed by atoms with Crippen molar-refractivity contribution in [3.63, 3.8) is 0 Å². The predicted octanol–water partition coefficient (Wildman–Crippen LogP) is 4.20. The van der Waals surface area contributed by atoms with E-state index in [0.717, 1.165) is 35.8 Å². The predicted molar refractivity (Wildman–Crippen MR) is 125 cm³/mol. The Kier molecular flexibility index (Phi) is 6.63. The number of nitrogens with zero attached hydrogens (tertiary/aromatic N) is 3. The van der Waals surface area contributed by atoms with E-state index in [1.165, 1.54) is 0 Å². The summed E-state index contributed by atoms with van der Waals surface area (Å²) in [6.07, 6.45) is 0.369.